The minimum Gasteiger partial charge on any atom is -0.478 e. The molecule has 0 bridgehead atoms. The average molecular weight is 346 g/mol. The first-order valence-corrected chi connectivity index (χ1v) is 6.94. The van der Waals surface area contributed by atoms with Crippen molar-refractivity contribution in [3.05, 3.63) is 64.4 Å². The highest BCUT2D eigenvalue weighted by atomic mass is 79.9. The molecule has 0 saturated carbocycles. The number of aromatic nitrogens is 1. The number of para-hydroxylation sites is 1. The summed E-state index contributed by atoms with van der Waals surface area (Å²) in [6.45, 7) is 0. The van der Waals surface area contributed by atoms with Crippen LogP contribution in [-0.2, 0) is 0 Å². The lowest BCUT2D eigenvalue weighted by Crippen LogP contribution is -2.01. The molecule has 0 atom stereocenters. The summed E-state index contributed by atoms with van der Waals surface area (Å²) in [6, 6.07) is 12.7. The van der Waals surface area contributed by atoms with Crippen LogP contribution in [0, 0.1) is 5.82 Å². The normalized spacial score (nSPS) is 10.8. The summed E-state index contributed by atoms with van der Waals surface area (Å²) >= 11 is 3.36. The molecule has 0 spiro atoms. The SMILES string of the molecule is O=C(O)c1cc(-c2ccccc2F)nc2c(Br)cccc12. The third-order valence-corrected chi connectivity index (χ3v) is 3.81. The minimum atomic E-state index is -1.07. The third-order valence-electron chi connectivity index (χ3n) is 3.17. The van der Waals surface area contributed by atoms with Crippen LogP contribution in [0.25, 0.3) is 22.2 Å². The van der Waals surface area contributed by atoms with Gasteiger partial charge in [-0.2, -0.15) is 0 Å². The summed E-state index contributed by atoms with van der Waals surface area (Å²) in [5, 5.41) is 9.89. The van der Waals surface area contributed by atoms with Crippen LogP contribution in [0.3, 0.4) is 0 Å². The van der Waals surface area contributed by atoms with Crippen LogP contribution >= 0.6 is 15.9 Å². The number of fused-ring (bicyclic) bond motifs is 1. The topological polar surface area (TPSA) is 50.2 Å². The van der Waals surface area contributed by atoms with Gasteiger partial charge >= 0.3 is 5.97 Å². The molecule has 0 fully saturated rings. The maximum Gasteiger partial charge on any atom is 0.336 e. The zero-order chi connectivity index (χ0) is 15.0. The average Bonchev–Trinajstić information content (AvgIpc) is 2.47. The molecule has 1 N–H and O–H groups in total. The lowest BCUT2D eigenvalue weighted by Gasteiger charge is -2.09. The predicted molar refractivity (Wildman–Crippen MR) is 81.8 cm³/mol. The van der Waals surface area contributed by atoms with Crippen molar-refractivity contribution in [2.24, 2.45) is 0 Å². The number of carboxylic acid groups (broad SMARTS) is 1. The quantitative estimate of drug-likeness (QED) is 0.743. The van der Waals surface area contributed by atoms with Crippen LogP contribution in [0.2, 0.25) is 0 Å². The van der Waals surface area contributed by atoms with E-state index >= 15 is 0 Å². The Morgan fingerprint density at radius 2 is 1.90 bits per heavy atom. The number of benzene rings is 2. The van der Waals surface area contributed by atoms with Crippen LogP contribution in [0.15, 0.2) is 53.0 Å². The van der Waals surface area contributed by atoms with Gasteiger partial charge in [0.1, 0.15) is 5.82 Å². The molecular weight excluding hydrogens is 337 g/mol. The molecule has 104 valence electrons. The van der Waals surface area contributed by atoms with Crippen molar-refractivity contribution in [2.45, 2.75) is 0 Å². The van der Waals surface area contributed by atoms with Crippen molar-refractivity contribution >= 4 is 32.8 Å². The molecule has 0 amide bonds. The Bertz CT molecular complexity index is 864. The van der Waals surface area contributed by atoms with Crippen LogP contribution in [-0.4, -0.2) is 16.1 Å². The van der Waals surface area contributed by atoms with Gasteiger partial charge in [-0.15, -0.1) is 0 Å². The number of nitrogens with zero attached hydrogens (tertiary/aromatic N) is 1. The Hall–Kier alpha value is -2.27. The van der Waals surface area contributed by atoms with Gasteiger partial charge in [0.25, 0.3) is 0 Å². The van der Waals surface area contributed by atoms with Gasteiger partial charge in [-0.3, -0.25) is 0 Å². The first-order chi connectivity index (χ1) is 10.1. The second-order valence-electron chi connectivity index (χ2n) is 4.48. The summed E-state index contributed by atoms with van der Waals surface area (Å²) in [4.78, 5) is 15.9. The van der Waals surface area contributed by atoms with Crippen molar-refractivity contribution in [2.75, 3.05) is 0 Å². The molecule has 5 heteroatoms. The first-order valence-electron chi connectivity index (χ1n) is 6.15. The Labute approximate surface area is 128 Å². The molecule has 21 heavy (non-hydrogen) atoms. The third kappa shape index (κ3) is 2.40. The summed E-state index contributed by atoms with van der Waals surface area (Å²) in [6.07, 6.45) is 0. The van der Waals surface area contributed by atoms with Crippen molar-refractivity contribution in [1.29, 1.82) is 0 Å². The van der Waals surface area contributed by atoms with E-state index in [2.05, 4.69) is 20.9 Å². The van der Waals surface area contributed by atoms with Gasteiger partial charge in [-0.1, -0.05) is 24.3 Å². The highest BCUT2D eigenvalue weighted by Crippen LogP contribution is 2.30. The summed E-state index contributed by atoms with van der Waals surface area (Å²) < 4.78 is 14.6. The first kappa shape index (κ1) is 13.7. The van der Waals surface area contributed by atoms with E-state index in [9.17, 15) is 14.3 Å². The standard InChI is InChI=1S/C16H9BrFNO2/c17-12-6-3-5-9-11(16(20)21)8-14(19-15(9)12)10-4-1-2-7-13(10)18/h1-8H,(H,20,21). The van der Waals surface area contributed by atoms with E-state index in [4.69, 9.17) is 0 Å². The monoisotopic (exact) mass is 345 g/mol. The molecule has 3 rings (SSSR count). The van der Waals surface area contributed by atoms with E-state index in [0.717, 1.165) is 0 Å². The molecule has 0 aliphatic rings. The van der Waals surface area contributed by atoms with Gasteiger partial charge in [-0.25, -0.2) is 14.2 Å². The maximum atomic E-state index is 13.9. The highest BCUT2D eigenvalue weighted by molar-refractivity contribution is 9.10. The van der Waals surface area contributed by atoms with Crippen molar-refractivity contribution < 1.29 is 14.3 Å². The number of hydrogen-bond donors (Lipinski definition) is 1. The van der Waals surface area contributed by atoms with Gasteiger partial charge in [0.2, 0.25) is 0 Å². The highest BCUT2D eigenvalue weighted by Gasteiger charge is 2.15. The number of halogens is 2. The fourth-order valence-corrected chi connectivity index (χ4v) is 2.65. The Morgan fingerprint density at radius 3 is 2.62 bits per heavy atom. The smallest absolute Gasteiger partial charge is 0.336 e. The van der Waals surface area contributed by atoms with Gasteiger partial charge in [0.15, 0.2) is 0 Å². The lowest BCUT2D eigenvalue weighted by molar-refractivity contribution is 0.0699. The molecule has 3 aromatic rings. The molecule has 2 aromatic carbocycles. The van der Waals surface area contributed by atoms with Gasteiger partial charge in [0.05, 0.1) is 16.8 Å². The fourth-order valence-electron chi connectivity index (χ4n) is 2.20. The van der Waals surface area contributed by atoms with Crippen LogP contribution in [0.5, 0.6) is 0 Å². The molecule has 0 saturated heterocycles. The molecule has 3 nitrogen and oxygen atoms in total. The van der Waals surface area contributed by atoms with Crippen molar-refractivity contribution in [3.63, 3.8) is 0 Å². The van der Waals surface area contributed by atoms with E-state index in [1.165, 1.54) is 12.1 Å². The van der Waals surface area contributed by atoms with E-state index in [0.29, 0.717) is 21.1 Å². The zero-order valence-corrected chi connectivity index (χ0v) is 12.3. The summed E-state index contributed by atoms with van der Waals surface area (Å²) in [7, 11) is 0. The van der Waals surface area contributed by atoms with Crippen LogP contribution in [0.1, 0.15) is 10.4 Å². The number of rotatable bonds is 2. The Balaban J connectivity index is 2.38. The molecule has 0 radical (unpaired) electrons. The van der Waals surface area contributed by atoms with Gasteiger partial charge in [-0.05, 0) is 40.2 Å². The van der Waals surface area contributed by atoms with E-state index in [1.807, 2.05) is 0 Å². The van der Waals surface area contributed by atoms with Crippen LogP contribution in [0.4, 0.5) is 4.39 Å². The van der Waals surface area contributed by atoms with E-state index in [-0.39, 0.29) is 11.1 Å². The molecule has 1 aromatic heterocycles. The molecule has 0 aliphatic carbocycles. The van der Waals surface area contributed by atoms with E-state index in [1.54, 1.807) is 36.4 Å². The van der Waals surface area contributed by atoms with E-state index < -0.39 is 11.8 Å². The Kier molecular flexibility index (Phi) is 3.43. The molecule has 0 aliphatic heterocycles. The van der Waals surface area contributed by atoms with Gasteiger partial charge < -0.3 is 5.11 Å². The lowest BCUT2D eigenvalue weighted by atomic mass is 10.0. The molecule has 0 unspecified atom stereocenters. The van der Waals surface area contributed by atoms with Crippen molar-refractivity contribution in [3.8, 4) is 11.3 Å². The summed E-state index contributed by atoms with van der Waals surface area (Å²) in [5.41, 5.74) is 1.16. The summed E-state index contributed by atoms with van der Waals surface area (Å²) in [5.74, 6) is -1.51. The molecule has 1 heterocycles. The number of aromatic carboxylic acids is 1. The van der Waals surface area contributed by atoms with Gasteiger partial charge in [0, 0.05) is 15.4 Å². The molecular formula is C16H9BrFNO2. The maximum absolute atomic E-state index is 13.9. The van der Waals surface area contributed by atoms with Crippen molar-refractivity contribution in [1.82, 2.24) is 4.98 Å². The zero-order valence-electron chi connectivity index (χ0n) is 10.7. The predicted octanol–water partition coefficient (Wildman–Crippen LogP) is 4.50. The second-order valence-corrected chi connectivity index (χ2v) is 5.33. The number of pyridine rings is 1. The Morgan fingerprint density at radius 1 is 1.14 bits per heavy atom. The number of carbonyl (C=O) groups is 1. The number of carboxylic acids is 1. The fraction of sp³-hybridized carbons (Fsp3) is 0. The second kappa shape index (κ2) is 5.26. The minimum absolute atomic E-state index is 0.0968. The van der Waals surface area contributed by atoms with Crippen LogP contribution < -0.4 is 0 Å². The number of hydrogen-bond acceptors (Lipinski definition) is 2. The largest absolute Gasteiger partial charge is 0.478 e.